The van der Waals surface area contributed by atoms with Gasteiger partial charge >= 0.3 is 0 Å². The van der Waals surface area contributed by atoms with Gasteiger partial charge in [0.25, 0.3) is 10.1 Å². The van der Waals surface area contributed by atoms with Crippen LogP contribution in [0.15, 0.2) is 0 Å². The monoisotopic (exact) mass is 210 g/mol. The van der Waals surface area contributed by atoms with Crippen molar-refractivity contribution in [1.29, 1.82) is 0 Å². The molecular weight excluding hydrogens is 192 g/mol. The maximum atomic E-state index is 10.7. The minimum absolute atomic E-state index is 0.350. The van der Waals surface area contributed by atoms with E-state index in [-0.39, 0.29) is 0 Å². The fourth-order valence-corrected chi connectivity index (χ4v) is 1.71. The summed E-state index contributed by atoms with van der Waals surface area (Å²) < 4.78 is 35.3. The van der Waals surface area contributed by atoms with Crippen molar-refractivity contribution in [3.8, 4) is 0 Å². The first-order valence-corrected chi connectivity index (χ1v) is 6.10. The molecule has 0 aromatic rings. The molecule has 0 bridgehead atoms. The minimum Gasteiger partial charge on any atom is -0.360 e. The van der Waals surface area contributed by atoms with Gasteiger partial charge in [0.15, 0.2) is 5.44 Å². The quantitative estimate of drug-likeness (QED) is 0.514. The lowest BCUT2D eigenvalue weighted by atomic mass is 10.3. The summed E-state index contributed by atoms with van der Waals surface area (Å²) in [5, 5.41) is 0. The molecular formula is C8H18O4S. The molecule has 1 N–H and O–H groups in total. The maximum absolute atomic E-state index is 10.7. The Kier molecular flexibility index (Phi) is 6.28. The third-order valence-electron chi connectivity index (χ3n) is 1.66. The highest BCUT2D eigenvalue weighted by Gasteiger charge is 2.21. The highest BCUT2D eigenvalue weighted by molar-refractivity contribution is 7.86. The predicted molar refractivity (Wildman–Crippen MR) is 51.1 cm³/mol. The van der Waals surface area contributed by atoms with E-state index in [9.17, 15) is 8.42 Å². The smallest absolute Gasteiger partial charge is 0.292 e. The van der Waals surface area contributed by atoms with Crippen LogP contribution < -0.4 is 0 Å². The van der Waals surface area contributed by atoms with Crippen LogP contribution in [0.1, 0.15) is 39.5 Å². The Morgan fingerprint density at radius 3 is 2.31 bits per heavy atom. The van der Waals surface area contributed by atoms with E-state index in [2.05, 4.69) is 0 Å². The van der Waals surface area contributed by atoms with Crippen LogP contribution in [0.4, 0.5) is 0 Å². The number of unbranched alkanes of at least 4 members (excludes halogenated alkanes) is 1. The lowest BCUT2D eigenvalue weighted by Crippen LogP contribution is -2.24. The first-order valence-electron chi connectivity index (χ1n) is 4.60. The maximum Gasteiger partial charge on any atom is 0.292 e. The van der Waals surface area contributed by atoms with Crippen molar-refractivity contribution in [2.24, 2.45) is 0 Å². The SMILES string of the molecule is CCCCOC(CCC)S(=O)(=O)O. The Labute approximate surface area is 80.0 Å². The zero-order chi connectivity index (χ0) is 10.3. The Balaban J connectivity index is 3.96. The lowest BCUT2D eigenvalue weighted by molar-refractivity contribution is 0.0905. The van der Waals surface area contributed by atoms with Crippen LogP contribution in [0.25, 0.3) is 0 Å². The summed E-state index contributed by atoms with van der Waals surface area (Å²) in [5.74, 6) is 0. The number of ether oxygens (including phenoxy) is 1. The molecule has 1 unspecified atom stereocenters. The van der Waals surface area contributed by atoms with Gasteiger partial charge in [-0.3, -0.25) is 4.55 Å². The Hall–Kier alpha value is -0.130. The predicted octanol–water partition coefficient (Wildman–Crippen LogP) is 1.82. The topological polar surface area (TPSA) is 63.6 Å². The molecule has 0 aromatic carbocycles. The van der Waals surface area contributed by atoms with E-state index in [0.29, 0.717) is 19.4 Å². The molecule has 0 saturated heterocycles. The molecule has 0 aliphatic rings. The zero-order valence-electron chi connectivity index (χ0n) is 8.19. The van der Waals surface area contributed by atoms with Crippen LogP contribution in [0, 0.1) is 0 Å². The van der Waals surface area contributed by atoms with Crippen LogP contribution in [0.5, 0.6) is 0 Å². The number of hydrogen-bond donors (Lipinski definition) is 1. The van der Waals surface area contributed by atoms with Gasteiger partial charge in [-0.1, -0.05) is 26.7 Å². The summed E-state index contributed by atoms with van der Waals surface area (Å²) in [6.07, 6.45) is 2.79. The molecule has 0 radical (unpaired) electrons. The van der Waals surface area contributed by atoms with Crippen LogP contribution in [-0.4, -0.2) is 25.0 Å². The molecule has 13 heavy (non-hydrogen) atoms. The first kappa shape index (κ1) is 12.9. The molecule has 0 amide bonds. The first-order chi connectivity index (χ1) is 6.02. The Bertz CT molecular complexity index is 210. The molecule has 0 fully saturated rings. The molecule has 5 heteroatoms. The van der Waals surface area contributed by atoms with Crippen LogP contribution in [0.3, 0.4) is 0 Å². The van der Waals surface area contributed by atoms with Gasteiger partial charge in [-0.05, 0) is 12.8 Å². The Morgan fingerprint density at radius 1 is 1.31 bits per heavy atom. The van der Waals surface area contributed by atoms with Crippen molar-refractivity contribution < 1.29 is 17.7 Å². The van der Waals surface area contributed by atoms with Crippen molar-refractivity contribution in [2.45, 2.75) is 45.0 Å². The van der Waals surface area contributed by atoms with Crippen LogP contribution in [-0.2, 0) is 14.9 Å². The molecule has 80 valence electrons. The standard InChI is InChI=1S/C8H18O4S/c1-3-5-7-12-8(6-4-2)13(9,10)11/h8H,3-7H2,1-2H3,(H,9,10,11). The second kappa shape index (κ2) is 6.34. The van der Waals surface area contributed by atoms with E-state index in [1.54, 1.807) is 0 Å². The molecule has 0 heterocycles. The second-order valence-corrected chi connectivity index (χ2v) is 4.51. The molecule has 0 aliphatic carbocycles. The van der Waals surface area contributed by atoms with E-state index < -0.39 is 15.6 Å². The van der Waals surface area contributed by atoms with Gasteiger partial charge in [0.05, 0.1) is 0 Å². The van der Waals surface area contributed by atoms with Gasteiger partial charge in [-0.2, -0.15) is 8.42 Å². The van der Waals surface area contributed by atoms with Gasteiger partial charge in [-0.25, -0.2) is 0 Å². The lowest BCUT2D eigenvalue weighted by Gasteiger charge is -2.13. The Morgan fingerprint density at radius 2 is 1.92 bits per heavy atom. The average molecular weight is 210 g/mol. The molecule has 1 atom stereocenters. The van der Waals surface area contributed by atoms with Crippen molar-refractivity contribution in [3.63, 3.8) is 0 Å². The van der Waals surface area contributed by atoms with Crippen molar-refractivity contribution in [1.82, 2.24) is 0 Å². The van der Waals surface area contributed by atoms with Crippen molar-refractivity contribution in [2.75, 3.05) is 6.61 Å². The van der Waals surface area contributed by atoms with Gasteiger partial charge in [0, 0.05) is 6.61 Å². The van der Waals surface area contributed by atoms with Crippen molar-refractivity contribution >= 4 is 10.1 Å². The second-order valence-electron chi connectivity index (χ2n) is 2.96. The van der Waals surface area contributed by atoms with E-state index in [4.69, 9.17) is 9.29 Å². The fourth-order valence-electron chi connectivity index (χ4n) is 0.913. The summed E-state index contributed by atoms with van der Waals surface area (Å²) in [6.45, 7) is 4.23. The van der Waals surface area contributed by atoms with Gasteiger partial charge in [-0.15, -0.1) is 0 Å². The third kappa shape index (κ3) is 6.01. The molecule has 0 aliphatic heterocycles. The van der Waals surface area contributed by atoms with Crippen LogP contribution >= 0.6 is 0 Å². The molecule has 4 nitrogen and oxygen atoms in total. The number of rotatable bonds is 7. The minimum atomic E-state index is -4.03. The number of hydrogen-bond acceptors (Lipinski definition) is 3. The largest absolute Gasteiger partial charge is 0.360 e. The third-order valence-corrected chi connectivity index (χ3v) is 2.69. The van der Waals surface area contributed by atoms with E-state index >= 15 is 0 Å². The zero-order valence-corrected chi connectivity index (χ0v) is 9.01. The summed E-state index contributed by atoms with van der Waals surface area (Å²) in [7, 11) is -4.03. The highest BCUT2D eigenvalue weighted by Crippen LogP contribution is 2.09. The normalized spacial score (nSPS) is 14.4. The summed E-state index contributed by atoms with van der Waals surface area (Å²) >= 11 is 0. The van der Waals surface area contributed by atoms with Crippen LogP contribution in [0.2, 0.25) is 0 Å². The molecule has 0 aromatic heterocycles. The fraction of sp³-hybridized carbons (Fsp3) is 1.00. The molecule has 0 rings (SSSR count). The molecule has 0 saturated carbocycles. The molecule has 0 spiro atoms. The summed E-state index contributed by atoms with van der Waals surface area (Å²) in [6, 6.07) is 0. The van der Waals surface area contributed by atoms with Gasteiger partial charge < -0.3 is 4.74 Å². The summed E-state index contributed by atoms with van der Waals surface area (Å²) in [5.41, 5.74) is -1.04. The van der Waals surface area contributed by atoms with E-state index in [1.807, 2.05) is 13.8 Å². The van der Waals surface area contributed by atoms with E-state index in [0.717, 1.165) is 12.8 Å². The van der Waals surface area contributed by atoms with Gasteiger partial charge in [0.2, 0.25) is 0 Å². The highest BCUT2D eigenvalue weighted by atomic mass is 32.2. The van der Waals surface area contributed by atoms with Crippen molar-refractivity contribution in [3.05, 3.63) is 0 Å². The van der Waals surface area contributed by atoms with E-state index in [1.165, 1.54) is 0 Å². The summed E-state index contributed by atoms with van der Waals surface area (Å²) in [4.78, 5) is 0. The average Bonchev–Trinajstić information content (AvgIpc) is 2.01. The van der Waals surface area contributed by atoms with Gasteiger partial charge in [0.1, 0.15) is 0 Å².